The van der Waals surface area contributed by atoms with E-state index in [-0.39, 0.29) is 17.5 Å². The number of imidazole rings is 1. The van der Waals surface area contributed by atoms with Crippen LogP contribution in [0.4, 0.5) is 10.5 Å². The number of fused-ring (bicyclic) bond motifs is 1. The molecule has 9 nitrogen and oxygen atoms in total. The number of aryl methyl sites for hydroxylation is 1. The van der Waals surface area contributed by atoms with Gasteiger partial charge in [-0.2, -0.15) is 10.1 Å². The summed E-state index contributed by atoms with van der Waals surface area (Å²) >= 11 is 0. The SMILES string of the molecule is COc1nc2cc(N3CCOCC3)ccc2n1C(=O)NCCCCn1ccc(C(C)(C)C)n1. The first-order valence-corrected chi connectivity index (χ1v) is 11.6. The summed E-state index contributed by atoms with van der Waals surface area (Å²) in [5.74, 6) is 0. The summed E-state index contributed by atoms with van der Waals surface area (Å²) in [6, 6.07) is 8.08. The predicted molar refractivity (Wildman–Crippen MR) is 128 cm³/mol. The molecule has 4 rings (SSSR count). The van der Waals surface area contributed by atoms with Crippen LogP contribution < -0.4 is 15.0 Å². The maximum Gasteiger partial charge on any atom is 0.330 e. The van der Waals surface area contributed by atoms with E-state index in [1.807, 2.05) is 29.1 Å². The molecule has 0 saturated carbocycles. The van der Waals surface area contributed by atoms with Gasteiger partial charge in [0.2, 0.25) is 0 Å². The van der Waals surface area contributed by atoms with Gasteiger partial charge in [0.1, 0.15) is 0 Å². The topological polar surface area (TPSA) is 86.4 Å². The third-order valence-corrected chi connectivity index (χ3v) is 5.87. The fraction of sp³-hybridized carbons (Fsp3) is 0.542. The van der Waals surface area contributed by atoms with Crippen molar-refractivity contribution in [2.75, 3.05) is 44.9 Å². The zero-order chi connectivity index (χ0) is 23.4. The lowest BCUT2D eigenvalue weighted by atomic mass is 9.93. The molecule has 0 atom stereocenters. The van der Waals surface area contributed by atoms with Crippen LogP contribution in [0.2, 0.25) is 0 Å². The van der Waals surface area contributed by atoms with Crippen molar-refractivity contribution in [3.05, 3.63) is 36.2 Å². The van der Waals surface area contributed by atoms with Crippen LogP contribution >= 0.6 is 0 Å². The maximum atomic E-state index is 12.9. The average Bonchev–Trinajstić information content (AvgIpc) is 3.43. The number of unbranched alkanes of at least 4 members (excludes halogenated alkanes) is 1. The molecule has 9 heteroatoms. The Morgan fingerprint density at radius 1 is 1.18 bits per heavy atom. The number of morpholine rings is 1. The van der Waals surface area contributed by atoms with Crippen LogP contribution in [0.1, 0.15) is 39.3 Å². The summed E-state index contributed by atoms with van der Waals surface area (Å²) in [5.41, 5.74) is 3.68. The molecule has 178 valence electrons. The largest absolute Gasteiger partial charge is 0.468 e. The molecule has 3 heterocycles. The van der Waals surface area contributed by atoms with Gasteiger partial charge in [-0.3, -0.25) is 4.68 Å². The predicted octanol–water partition coefficient (Wildman–Crippen LogP) is 3.41. The third kappa shape index (κ3) is 5.30. The standard InChI is InChI=1S/C24H34N6O3/c1-24(2,3)21-9-12-29(27-21)11-6-5-10-25-22(31)30-20-8-7-18(28-13-15-33-16-14-28)17-19(20)26-23(30)32-4/h7-9,12,17H,5-6,10-11,13-16H2,1-4H3,(H,25,31). The zero-order valence-corrected chi connectivity index (χ0v) is 20.0. The van der Waals surface area contributed by atoms with Crippen molar-refractivity contribution in [3.8, 4) is 6.01 Å². The van der Waals surface area contributed by atoms with Crippen LogP contribution in [-0.2, 0) is 16.7 Å². The van der Waals surface area contributed by atoms with E-state index >= 15 is 0 Å². The van der Waals surface area contributed by atoms with Gasteiger partial charge in [-0.25, -0.2) is 9.36 Å². The minimum atomic E-state index is -0.234. The van der Waals surface area contributed by atoms with Crippen LogP contribution in [-0.4, -0.2) is 65.3 Å². The normalized spacial score (nSPS) is 14.6. The van der Waals surface area contributed by atoms with E-state index in [2.05, 4.69) is 47.1 Å². The van der Waals surface area contributed by atoms with Gasteiger partial charge in [0.25, 0.3) is 0 Å². The second kappa shape index (κ2) is 9.82. The summed E-state index contributed by atoms with van der Waals surface area (Å²) in [7, 11) is 1.53. The van der Waals surface area contributed by atoms with E-state index in [0.717, 1.165) is 68.1 Å². The van der Waals surface area contributed by atoms with Gasteiger partial charge in [-0.1, -0.05) is 20.8 Å². The number of nitrogens with one attached hydrogen (secondary N) is 1. The van der Waals surface area contributed by atoms with E-state index in [1.165, 1.54) is 11.7 Å². The second-order valence-corrected chi connectivity index (χ2v) is 9.36. The third-order valence-electron chi connectivity index (χ3n) is 5.87. The molecule has 1 aliphatic heterocycles. The van der Waals surface area contributed by atoms with E-state index in [9.17, 15) is 4.79 Å². The van der Waals surface area contributed by atoms with E-state index in [1.54, 1.807) is 0 Å². The molecular weight excluding hydrogens is 420 g/mol. The van der Waals surface area contributed by atoms with Crippen molar-refractivity contribution in [3.63, 3.8) is 0 Å². The molecule has 0 bridgehead atoms. The minimum absolute atomic E-state index is 0.0504. The molecule has 3 aromatic rings. The van der Waals surface area contributed by atoms with E-state index in [0.29, 0.717) is 6.54 Å². The molecule has 0 unspecified atom stereocenters. The first kappa shape index (κ1) is 23.1. The van der Waals surface area contributed by atoms with Crippen LogP contribution in [0.25, 0.3) is 11.0 Å². The molecule has 1 fully saturated rings. The molecule has 1 aliphatic rings. The number of nitrogens with zero attached hydrogens (tertiary/aromatic N) is 5. The van der Waals surface area contributed by atoms with Gasteiger partial charge in [-0.15, -0.1) is 0 Å². The molecule has 0 radical (unpaired) electrons. The summed E-state index contributed by atoms with van der Waals surface area (Å²) in [5, 5.41) is 7.64. The van der Waals surface area contributed by atoms with Crippen molar-refractivity contribution in [1.82, 2.24) is 24.6 Å². The molecular formula is C24H34N6O3. The highest BCUT2D eigenvalue weighted by molar-refractivity contribution is 5.92. The number of carbonyl (C=O) groups is 1. The van der Waals surface area contributed by atoms with Crippen molar-refractivity contribution < 1.29 is 14.3 Å². The van der Waals surface area contributed by atoms with Crippen molar-refractivity contribution in [1.29, 1.82) is 0 Å². The fourth-order valence-corrected chi connectivity index (χ4v) is 3.96. The lowest BCUT2D eigenvalue weighted by Crippen LogP contribution is -2.36. The first-order chi connectivity index (χ1) is 15.9. The molecule has 1 aromatic carbocycles. The lowest BCUT2D eigenvalue weighted by molar-refractivity contribution is 0.122. The number of benzene rings is 1. The fourth-order valence-electron chi connectivity index (χ4n) is 3.96. The smallest absolute Gasteiger partial charge is 0.330 e. The lowest BCUT2D eigenvalue weighted by Gasteiger charge is -2.28. The Kier molecular flexibility index (Phi) is 6.88. The molecule has 1 N–H and O–H groups in total. The molecule has 0 aliphatic carbocycles. The summed E-state index contributed by atoms with van der Waals surface area (Å²) < 4.78 is 14.3. The Hall–Kier alpha value is -3.07. The Labute approximate surface area is 194 Å². The molecule has 0 spiro atoms. The first-order valence-electron chi connectivity index (χ1n) is 11.6. The van der Waals surface area contributed by atoms with Crippen LogP contribution in [0.3, 0.4) is 0 Å². The molecule has 1 saturated heterocycles. The van der Waals surface area contributed by atoms with Gasteiger partial charge in [0.15, 0.2) is 0 Å². The summed E-state index contributed by atoms with van der Waals surface area (Å²) in [6.07, 6.45) is 3.80. The van der Waals surface area contributed by atoms with Gasteiger partial charge < -0.3 is 19.7 Å². The molecule has 2 aromatic heterocycles. The zero-order valence-electron chi connectivity index (χ0n) is 20.0. The number of amides is 1. The van der Waals surface area contributed by atoms with Crippen molar-refractivity contribution >= 4 is 22.8 Å². The quantitative estimate of drug-likeness (QED) is 0.551. The number of carbonyl (C=O) groups excluding carboxylic acids is 1. The number of aromatic nitrogens is 4. The summed E-state index contributed by atoms with van der Waals surface area (Å²) in [6.45, 7) is 11.0. The minimum Gasteiger partial charge on any atom is -0.468 e. The van der Waals surface area contributed by atoms with Gasteiger partial charge in [0, 0.05) is 43.5 Å². The maximum absolute atomic E-state index is 12.9. The number of rotatable bonds is 7. The highest BCUT2D eigenvalue weighted by atomic mass is 16.5. The van der Waals surface area contributed by atoms with Crippen molar-refractivity contribution in [2.45, 2.75) is 45.6 Å². The Balaban J connectivity index is 1.34. The van der Waals surface area contributed by atoms with Gasteiger partial charge >= 0.3 is 12.0 Å². The van der Waals surface area contributed by atoms with Crippen LogP contribution in [0.5, 0.6) is 6.01 Å². The number of hydrogen-bond donors (Lipinski definition) is 1. The Morgan fingerprint density at radius 2 is 1.97 bits per heavy atom. The highest BCUT2D eigenvalue weighted by Crippen LogP contribution is 2.26. The molecule has 33 heavy (non-hydrogen) atoms. The summed E-state index contributed by atoms with van der Waals surface area (Å²) in [4.78, 5) is 19.7. The van der Waals surface area contributed by atoms with Crippen molar-refractivity contribution in [2.24, 2.45) is 0 Å². The number of anilines is 1. The number of ether oxygens (including phenoxy) is 2. The van der Waals surface area contributed by atoms with Crippen LogP contribution in [0.15, 0.2) is 30.5 Å². The van der Waals surface area contributed by atoms with Crippen LogP contribution in [0, 0.1) is 0 Å². The van der Waals surface area contributed by atoms with E-state index in [4.69, 9.17) is 9.47 Å². The van der Waals surface area contributed by atoms with Gasteiger partial charge in [-0.05, 0) is 37.1 Å². The average molecular weight is 455 g/mol. The Bertz CT molecular complexity index is 1090. The Morgan fingerprint density at radius 3 is 2.67 bits per heavy atom. The monoisotopic (exact) mass is 454 g/mol. The number of hydrogen-bond acceptors (Lipinski definition) is 6. The van der Waals surface area contributed by atoms with Gasteiger partial charge in [0.05, 0.1) is 37.1 Å². The second-order valence-electron chi connectivity index (χ2n) is 9.36. The number of methoxy groups -OCH3 is 1. The highest BCUT2D eigenvalue weighted by Gasteiger charge is 2.20. The molecule has 1 amide bonds. The van der Waals surface area contributed by atoms with E-state index < -0.39 is 0 Å².